The number of hydrogen-bond donors (Lipinski definition) is 2. The fraction of sp³-hybridized carbons (Fsp3) is 0.320. The molecular weight excluding hydrogens is 486 g/mol. The summed E-state index contributed by atoms with van der Waals surface area (Å²) in [5, 5.41) is 11.0. The third kappa shape index (κ3) is 6.75. The van der Waals surface area contributed by atoms with Crippen molar-refractivity contribution in [2.45, 2.75) is 13.2 Å². The number of nitrogens with zero attached hydrogens (tertiary/aromatic N) is 3. The van der Waals surface area contributed by atoms with Crippen molar-refractivity contribution in [2.24, 2.45) is 0 Å². The number of aromatic amines is 1. The first-order valence-corrected chi connectivity index (χ1v) is 11.9. The van der Waals surface area contributed by atoms with E-state index in [2.05, 4.69) is 15.5 Å². The Morgan fingerprint density at radius 2 is 1.86 bits per heavy atom. The van der Waals surface area contributed by atoms with Crippen molar-refractivity contribution < 1.29 is 19.1 Å². The molecule has 2 heterocycles. The number of halogens is 1. The molecule has 1 aromatic heterocycles. The molecule has 0 unspecified atom stereocenters. The van der Waals surface area contributed by atoms with Gasteiger partial charge in [-0.3, -0.25) is 14.4 Å². The molecule has 0 radical (unpaired) electrons. The number of H-pyrrole nitrogens is 1. The van der Waals surface area contributed by atoms with Gasteiger partial charge in [0.05, 0.1) is 25.6 Å². The van der Waals surface area contributed by atoms with Crippen LogP contribution >= 0.6 is 11.6 Å². The Balaban J connectivity index is 1.27. The SMILES string of the molecule is COc1ccc(CNc2cn[nH]c(=O)c2Cl)cc1OCC(=O)N1CCN(OCc2ccccc2)CC1. The van der Waals surface area contributed by atoms with Crippen molar-refractivity contribution in [3.8, 4) is 11.5 Å². The smallest absolute Gasteiger partial charge is 0.285 e. The summed E-state index contributed by atoms with van der Waals surface area (Å²) in [5.41, 5.74) is 1.90. The first-order chi connectivity index (χ1) is 17.5. The number of benzene rings is 2. The van der Waals surface area contributed by atoms with Crippen molar-refractivity contribution in [1.82, 2.24) is 20.2 Å². The van der Waals surface area contributed by atoms with E-state index in [4.69, 9.17) is 25.9 Å². The number of methoxy groups -OCH3 is 1. The first-order valence-electron chi connectivity index (χ1n) is 11.5. The van der Waals surface area contributed by atoms with Gasteiger partial charge in [0.25, 0.3) is 11.5 Å². The number of hydrogen-bond acceptors (Lipinski definition) is 8. The molecule has 0 bridgehead atoms. The summed E-state index contributed by atoms with van der Waals surface area (Å²) in [4.78, 5) is 32.0. The molecule has 1 aliphatic rings. The largest absolute Gasteiger partial charge is 0.493 e. The summed E-state index contributed by atoms with van der Waals surface area (Å²) >= 11 is 6.01. The van der Waals surface area contributed by atoms with Gasteiger partial charge in [0.2, 0.25) is 0 Å². The molecule has 1 saturated heterocycles. The lowest BCUT2D eigenvalue weighted by Crippen LogP contribution is -2.49. The molecule has 1 aliphatic heterocycles. The fourth-order valence-corrected chi connectivity index (χ4v) is 3.84. The fourth-order valence-electron chi connectivity index (χ4n) is 3.69. The Labute approximate surface area is 213 Å². The van der Waals surface area contributed by atoms with Gasteiger partial charge >= 0.3 is 0 Å². The number of piperazine rings is 1. The standard InChI is InChI=1S/C25H28ClN5O5/c1-34-21-8-7-19(14-27-20-15-28-29-25(33)24(20)26)13-22(21)35-17-23(32)30-9-11-31(12-10-30)36-16-18-5-3-2-4-6-18/h2-8,13,15H,9-12,14,16-17H2,1H3,(H2,27,29,33). The van der Waals surface area contributed by atoms with Gasteiger partial charge in [0.1, 0.15) is 5.02 Å². The second kappa shape index (κ2) is 12.4. The van der Waals surface area contributed by atoms with E-state index in [0.29, 0.717) is 56.5 Å². The lowest BCUT2D eigenvalue weighted by Gasteiger charge is -2.33. The Hall–Kier alpha value is -3.60. The number of ether oxygens (including phenoxy) is 2. The predicted molar refractivity (Wildman–Crippen MR) is 135 cm³/mol. The van der Waals surface area contributed by atoms with Gasteiger partial charge in [-0.15, -0.1) is 0 Å². The molecular formula is C25H28ClN5O5. The van der Waals surface area contributed by atoms with Crippen LogP contribution in [0, 0.1) is 0 Å². The lowest BCUT2D eigenvalue weighted by atomic mass is 10.2. The van der Waals surface area contributed by atoms with Crippen LogP contribution in [0.15, 0.2) is 59.5 Å². The second-order valence-electron chi connectivity index (χ2n) is 8.12. The minimum Gasteiger partial charge on any atom is -0.493 e. The Bertz CT molecular complexity index is 1210. The zero-order chi connectivity index (χ0) is 25.3. The highest BCUT2D eigenvalue weighted by Gasteiger charge is 2.22. The number of aromatic nitrogens is 2. The second-order valence-corrected chi connectivity index (χ2v) is 8.50. The quantitative estimate of drug-likeness (QED) is 0.426. The number of amides is 1. The van der Waals surface area contributed by atoms with E-state index < -0.39 is 5.56 Å². The van der Waals surface area contributed by atoms with Crippen molar-refractivity contribution in [2.75, 3.05) is 45.2 Å². The molecule has 2 aromatic carbocycles. The summed E-state index contributed by atoms with van der Waals surface area (Å²) in [6.45, 7) is 3.14. The first kappa shape index (κ1) is 25.5. The Morgan fingerprint density at radius 1 is 1.08 bits per heavy atom. The highest BCUT2D eigenvalue weighted by molar-refractivity contribution is 6.32. The maximum atomic E-state index is 12.8. The summed E-state index contributed by atoms with van der Waals surface area (Å²) in [6, 6.07) is 15.4. The Kier molecular flexibility index (Phi) is 8.77. The van der Waals surface area contributed by atoms with E-state index in [0.717, 1.165) is 11.1 Å². The zero-order valence-corrected chi connectivity index (χ0v) is 20.7. The van der Waals surface area contributed by atoms with Crippen LogP contribution in [0.2, 0.25) is 5.02 Å². The summed E-state index contributed by atoms with van der Waals surface area (Å²) in [6.07, 6.45) is 1.44. The van der Waals surface area contributed by atoms with Gasteiger partial charge in [-0.05, 0) is 23.3 Å². The maximum absolute atomic E-state index is 12.8. The molecule has 11 heteroatoms. The summed E-state index contributed by atoms with van der Waals surface area (Å²) in [5.74, 6) is 0.858. The predicted octanol–water partition coefficient (Wildman–Crippen LogP) is 2.70. The maximum Gasteiger partial charge on any atom is 0.285 e. The lowest BCUT2D eigenvalue weighted by molar-refractivity contribution is -0.188. The molecule has 190 valence electrons. The summed E-state index contributed by atoms with van der Waals surface area (Å²) < 4.78 is 11.2. The molecule has 0 spiro atoms. The van der Waals surface area contributed by atoms with E-state index in [9.17, 15) is 9.59 Å². The molecule has 4 rings (SSSR count). The molecule has 0 aliphatic carbocycles. The molecule has 1 amide bonds. The van der Waals surface area contributed by atoms with E-state index in [1.165, 1.54) is 13.3 Å². The van der Waals surface area contributed by atoms with Gasteiger partial charge < -0.3 is 19.7 Å². The van der Waals surface area contributed by atoms with Crippen LogP contribution in [-0.4, -0.2) is 66.0 Å². The average Bonchev–Trinajstić information content (AvgIpc) is 2.92. The molecule has 10 nitrogen and oxygen atoms in total. The van der Waals surface area contributed by atoms with Crippen LogP contribution in [0.3, 0.4) is 0 Å². The normalized spacial score (nSPS) is 13.9. The third-order valence-electron chi connectivity index (χ3n) is 5.71. The number of nitrogens with one attached hydrogen (secondary N) is 2. The van der Waals surface area contributed by atoms with Crippen LogP contribution in [-0.2, 0) is 22.8 Å². The minimum atomic E-state index is -0.470. The third-order valence-corrected chi connectivity index (χ3v) is 6.08. The highest BCUT2D eigenvalue weighted by Crippen LogP contribution is 2.29. The highest BCUT2D eigenvalue weighted by atomic mass is 35.5. The van der Waals surface area contributed by atoms with Gasteiger partial charge in [-0.1, -0.05) is 48.0 Å². The summed E-state index contributed by atoms with van der Waals surface area (Å²) in [7, 11) is 1.54. The number of anilines is 1. The average molecular weight is 514 g/mol. The topological polar surface area (TPSA) is 109 Å². The number of rotatable bonds is 10. The van der Waals surface area contributed by atoms with Gasteiger partial charge in [0.15, 0.2) is 18.1 Å². The number of carbonyl (C=O) groups is 1. The van der Waals surface area contributed by atoms with Crippen LogP contribution in [0.4, 0.5) is 5.69 Å². The minimum absolute atomic E-state index is 0.0335. The monoisotopic (exact) mass is 513 g/mol. The molecule has 0 saturated carbocycles. The zero-order valence-electron chi connectivity index (χ0n) is 19.9. The van der Waals surface area contributed by atoms with E-state index in [1.807, 2.05) is 41.5 Å². The molecule has 0 atom stereocenters. The van der Waals surface area contributed by atoms with Crippen molar-refractivity contribution >= 4 is 23.2 Å². The number of hydroxylamine groups is 2. The van der Waals surface area contributed by atoms with Gasteiger partial charge in [-0.25, -0.2) is 5.10 Å². The van der Waals surface area contributed by atoms with Gasteiger partial charge in [-0.2, -0.15) is 10.2 Å². The van der Waals surface area contributed by atoms with Crippen LogP contribution in [0.1, 0.15) is 11.1 Å². The van der Waals surface area contributed by atoms with E-state index >= 15 is 0 Å². The molecule has 36 heavy (non-hydrogen) atoms. The number of carbonyl (C=O) groups excluding carboxylic acids is 1. The van der Waals surface area contributed by atoms with Crippen LogP contribution in [0.5, 0.6) is 11.5 Å². The molecule has 1 fully saturated rings. The molecule has 2 N–H and O–H groups in total. The van der Waals surface area contributed by atoms with Gasteiger partial charge in [0, 0.05) is 32.7 Å². The van der Waals surface area contributed by atoms with Crippen molar-refractivity contribution in [3.63, 3.8) is 0 Å². The van der Waals surface area contributed by atoms with Crippen molar-refractivity contribution in [3.05, 3.63) is 81.2 Å². The van der Waals surface area contributed by atoms with Crippen molar-refractivity contribution in [1.29, 1.82) is 0 Å². The van der Waals surface area contributed by atoms with Crippen LogP contribution < -0.4 is 20.3 Å². The Morgan fingerprint density at radius 3 is 2.61 bits per heavy atom. The van der Waals surface area contributed by atoms with Crippen LogP contribution in [0.25, 0.3) is 0 Å². The van der Waals surface area contributed by atoms with E-state index in [1.54, 1.807) is 17.0 Å². The van der Waals surface area contributed by atoms with E-state index in [-0.39, 0.29) is 17.5 Å². The molecule has 3 aromatic rings.